The van der Waals surface area contributed by atoms with E-state index in [0.717, 1.165) is 6.07 Å². The van der Waals surface area contributed by atoms with Crippen LogP contribution in [0.2, 0.25) is 0 Å². The Bertz CT molecular complexity index is 375. The summed E-state index contributed by atoms with van der Waals surface area (Å²) in [5.41, 5.74) is -0.944. The lowest BCUT2D eigenvalue weighted by atomic mass is 10.1. The Balaban J connectivity index is 3.09. The van der Waals surface area contributed by atoms with Gasteiger partial charge >= 0.3 is 6.18 Å². The molecule has 1 aromatic rings. The van der Waals surface area contributed by atoms with Crippen molar-refractivity contribution in [2.45, 2.75) is 39.5 Å². The van der Waals surface area contributed by atoms with Crippen molar-refractivity contribution in [2.24, 2.45) is 0 Å². The fraction of sp³-hybridized carbons (Fsp3) is 0.500. The Hall–Kier alpha value is -1.19. The summed E-state index contributed by atoms with van der Waals surface area (Å²) < 4.78 is 43.2. The van der Waals surface area contributed by atoms with Gasteiger partial charge in [-0.25, -0.2) is 0 Å². The number of benzene rings is 1. The smallest absolute Gasteiger partial charge is 0.416 e. The van der Waals surface area contributed by atoms with E-state index >= 15 is 0 Å². The first-order valence-electron chi connectivity index (χ1n) is 4.96. The summed E-state index contributed by atoms with van der Waals surface area (Å²) in [6.45, 7) is 6.81. The molecule has 0 amide bonds. The summed E-state index contributed by atoms with van der Waals surface area (Å²) in [6, 6.07) is 4.01. The molecule has 0 spiro atoms. The van der Waals surface area contributed by atoms with Crippen molar-refractivity contribution in [1.29, 1.82) is 0 Å². The molecule has 0 radical (unpaired) electrons. The predicted molar refractivity (Wildman–Crippen MR) is 56.6 cm³/mol. The summed E-state index contributed by atoms with van der Waals surface area (Å²) in [7, 11) is 0. The van der Waals surface area contributed by atoms with Gasteiger partial charge in [-0.1, -0.05) is 6.07 Å². The van der Waals surface area contributed by atoms with E-state index in [-0.39, 0.29) is 11.3 Å². The topological polar surface area (TPSA) is 9.23 Å². The van der Waals surface area contributed by atoms with Gasteiger partial charge < -0.3 is 4.74 Å². The predicted octanol–water partition coefficient (Wildman–Crippen LogP) is 4.19. The Kier molecular flexibility index (Phi) is 3.22. The van der Waals surface area contributed by atoms with Gasteiger partial charge in [0.1, 0.15) is 11.4 Å². The standard InChI is InChI=1S/C12H15F3O/c1-8-5-6-9(16-11(2,3)4)7-10(8)12(13,14)15/h5-7H,1-4H3. The zero-order valence-corrected chi connectivity index (χ0v) is 9.77. The molecule has 0 unspecified atom stereocenters. The Morgan fingerprint density at radius 2 is 1.62 bits per heavy atom. The zero-order valence-electron chi connectivity index (χ0n) is 9.77. The van der Waals surface area contributed by atoms with Crippen LogP contribution in [0.3, 0.4) is 0 Å². The van der Waals surface area contributed by atoms with Gasteiger partial charge in [0.2, 0.25) is 0 Å². The molecule has 0 N–H and O–H groups in total. The second-order valence-electron chi connectivity index (χ2n) is 4.69. The summed E-state index contributed by atoms with van der Waals surface area (Å²) in [6.07, 6.45) is -4.33. The largest absolute Gasteiger partial charge is 0.488 e. The van der Waals surface area contributed by atoms with Crippen LogP contribution in [-0.2, 0) is 6.18 Å². The first kappa shape index (κ1) is 12.9. The Labute approximate surface area is 93.2 Å². The summed E-state index contributed by atoms with van der Waals surface area (Å²) in [4.78, 5) is 0. The van der Waals surface area contributed by atoms with E-state index in [1.54, 1.807) is 26.8 Å². The zero-order chi connectivity index (χ0) is 12.6. The fourth-order valence-electron chi connectivity index (χ4n) is 1.32. The lowest BCUT2D eigenvalue weighted by molar-refractivity contribution is -0.138. The third-order valence-corrected chi connectivity index (χ3v) is 1.94. The molecule has 0 bridgehead atoms. The van der Waals surface area contributed by atoms with Gasteiger partial charge in [0.25, 0.3) is 0 Å². The molecule has 0 aliphatic heterocycles. The number of ether oxygens (including phenoxy) is 1. The minimum atomic E-state index is -4.33. The lowest BCUT2D eigenvalue weighted by Gasteiger charge is -2.22. The van der Waals surface area contributed by atoms with Crippen molar-refractivity contribution in [1.82, 2.24) is 0 Å². The molecule has 1 aromatic carbocycles. The Morgan fingerprint density at radius 1 is 1.06 bits per heavy atom. The number of rotatable bonds is 1. The highest BCUT2D eigenvalue weighted by Gasteiger charge is 2.32. The maximum Gasteiger partial charge on any atom is 0.416 e. The van der Waals surface area contributed by atoms with Crippen molar-refractivity contribution >= 4 is 0 Å². The van der Waals surface area contributed by atoms with E-state index in [4.69, 9.17) is 4.74 Å². The van der Waals surface area contributed by atoms with Crippen LogP contribution in [0.4, 0.5) is 13.2 Å². The summed E-state index contributed by atoms with van der Waals surface area (Å²) in [5, 5.41) is 0. The molecule has 0 saturated heterocycles. The number of alkyl halides is 3. The van der Waals surface area contributed by atoms with E-state index in [2.05, 4.69) is 0 Å². The molecule has 0 aliphatic rings. The van der Waals surface area contributed by atoms with Gasteiger partial charge in [0.15, 0.2) is 0 Å². The van der Waals surface area contributed by atoms with Gasteiger partial charge in [0, 0.05) is 0 Å². The molecule has 0 atom stereocenters. The molecule has 1 rings (SSSR count). The molecule has 90 valence electrons. The molecule has 0 heterocycles. The number of hydrogen-bond acceptors (Lipinski definition) is 1. The molecule has 1 nitrogen and oxygen atoms in total. The average molecular weight is 232 g/mol. The van der Waals surface area contributed by atoms with Gasteiger partial charge in [-0.05, 0) is 45.4 Å². The summed E-state index contributed by atoms with van der Waals surface area (Å²) in [5.74, 6) is 0.241. The van der Waals surface area contributed by atoms with Crippen LogP contribution in [0, 0.1) is 6.92 Å². The van der Waals surface area contributed by atoms with Gasteiger partial charge in [-0.15, -0.1) is 0 Å². The SMILES string of the molecule is Cc1ccc(OC(C)(C)C)cc1C(F)(F)F. The number of hydrogen-bond donors (Lipinski definition) is 0. The molecule has 0 aromatic heterocycles. The van der Waals surface area contributed by atoms with Crippen molar-refractivity contribution in [2.75, 3.05) is 0 Å². The van der Waals surface area contributed by atoms with E-state index in [1.807, 2.05) is 0 Å². The molecule has 16 heavy (non-hydrogen) atoms. The van der Waals surface area contributed by atoms with Gasteiger partial charge in [0.05, 0.1) is 5.56 Å². The summed E-state index contributed by atoms with van der Waals surface area (Å²) >= 11 is 0. The molecule has 0 aliphatic carbocycles. The van der Waals surface area contributed by atoms with E-state index in [1.165, 1.54) is 13.0 Å². The van der Waals surface area contributed by atoms with Crippen molar-refractivity contribution in [3.05, 3.63) is 29.3 Å². The normalized spacial score (nSPS) is 12.7. The first-order chi connectivity index (χ1) is 7.09. The Morgan fingerprint density at radius 3 is 2.06 bits per heavy atom. The van der Waals surface area contributed by atoms with E-state index in [9.17, 15) is 13.2 Å². The first-order valence-corrected chi connectivity index (χ1v) is 4.96. The van der Waals surface area contributed by atoms with Gasteiger partial charge in [-0.2, -0.15) is 13.2 Å². The van der Waals surface area contributed by atoms with Crippen LogP contribution in [0.15, 0.2) is 18.2 Å². The highest BCUT2D eigenvalue weighted by Crippen LogP contribution is 2.34. The average Bonchev–Trinajstić information content (AvgIpc) is 2.04. The minimum Gasteiger partial charge on any atom is -0.488 e. The second kappa shape index (κ2) is 4.00. The highest BCUT2D eigenvalue weighted by atomic mass is 19.4. The molecular formula is C12H15F3O. The highest BCUT2D eigenvalue weighted by molar-refractivity contribution is 5.36. The third-order valence-electron chi connectivity index (χ3n) is 1.94. The lowest BCUT2D eigenvalue weighted by Crippen LogP contribution is -2.23. The monoisotopic (exact) mass is 232 g/mol. The molecule has 0 saturated carbocycles. The molecular weight excluding hydrogens is 217 g/mol. The van der Waals surface area contributed by atoms with Crippen LogP contribution in [0.5, 0.6) is 5.75 Å². The number of aryl methyl sites for hydroxylation is 1. The minimum absolute atomic E-state index is 0.203. The maximum atomic E-state index is 12.6. The van der Waals surface area contributed by atoms with Crippen LogP contribution < -0.4 is 4.74 Å². The van der Waals surface area contributed by atoms with Crippen molar-refractivity contribution in [3.63, 3.8) is 0 Å². The quantitative estimate of drug-likeness (QED) is 0.705. The third kappa shape index (κ3) is 3.43. The van der Waals surface area contributed by atoms with Crippen LogP contribution in [0.1, 0.15) is 31.9 Å². The second-order valence-corrected chi connectivity index (χ2v) is 4.69. The van der Waals surface area contributed by atoms with E-state index < -0.39 is 17.3 Å². The van der Waals surface area contributed by atoms with Crippen LogP contribution >= 0.6 is 0 Å². The number of halogens is 3. The van der Waals surface area contributed by atoms with Crippen LogP contribution in [0.25, 0.3) is 0 Å². The molecule has 0 fully saturated rings. The van der Waals surface area contributed by atoms with Crippen molar-refractivity contribution in [3.8, 4) is 5.75 Å². The van der Waals surface area contributed by atoms with Crippen molar-refractivity contribution < 1.29 is 17.9 Å². The van der Waals surface area contributed by atoms with Crippen LogP contribution in [-0.4, -0.2) is 5.60 Å². The van der Waals surface area contributed by atoms with Gasteiger partial charge in [-0.3, -0.25) is 0 Å². The molecule has 4 heteroatoms. The van der Waals surface area contributed by atoms with E-state index in [0.29, 0.717) is 0 Å². The maximum absolute atomic E-state index is 12.6. The fourth-order valence-corrected chi connectivity index (χ4v) is 1.32.